The van der Waals surface area contributed by atoms with Crippen LogP contribution in [0.4, 0.5) is 5.69 Å². The lowest BCUT2D eigenvalue weighted by molar-refractivity contribution is -0.384. The maximum atomic E-state index is 12.7. The molecule has 3 aromatic rings. The van der Waals surface area contributed by atoms with Gasteiger partial charge in [0, 0.05) is 34.7 Å². The van der Waals surface area contributed by atoms with Crippen molar-refractivity contribution in [2.24, 2.45) is 0 Å². The quantitative estimate of drug-likeness (QED) is 0.220. The zero-order valence-electron chi connectivity index (χ0n) is 17.3. The molecule has 0 aromatic heterocycles. The number of hydrogen-bond acceptors (Lipinski definition) is 6. The van der Waals surface area contributed by atoms with E-state index in [2.05, 4.69) is 5.32 Å². The van der Waals surface area contributed by atoms with Gasteiger partial charge in [-0.2, -0.15) is 0 Å². The first-order valence-corrected chi connectivity index (χ1v) is 10.3. The van der Waals surface area contributed by atoms with E-state index in [1.54, 1.807) is 36.4 Å². The molecule has 1 amide bonds. The van der Waals surface area contributed by atoms with Crippen LogP contribution in [0, 0.1) is 10.1 Å². The van der Waals surface area contributed by atoms with Gasteiger partial charge in [0.2, 0.25) is 0 Å². The lowest BCUT2D eigenvalue weighted by Crippen LogP contribution is -2.43. The third kappa shape index (κ3) is 6.72. The highest BCUT2D eigenvalue weighted by Gasteiger charge is 2.24. The molecule has 0 heterocycles. The van der Waals surface area contributed by atoms with Gasteiger partial charge in [-0.1, -0.05) is 41.9 Å². The minimum Gasteiger partial charge on any atom is -0.456 e. The monoisotopic (exact) mass is 466 g/mol. The zero-order chi connectivity index (χ0) is 23.8. The van der Waals surface area contributed by atoms with Crippen molar-refractivity contribution in [2.75, 3.05) is 6.61 Å². The number of esters is 1. The Morgan fingerprint density at radius 2 is 1.52 bits per heavy atom. The average molecular weight is 467 g/mol. The van der Waals surface area contributed by atoms with Crippen LogP contribution in [0.5, 0.6) is 0 Å². The standard InChI is InChI=1S/C24H19ClN2O6/c25-19-10-6-17(7-11-19)22(28)15-33-24(30)21(14-16-4-2-1-3-5-16)26-23(29)18-8-12-20(13-9-18)27(31)32/h1-13,21H,14-15H2,(H,26,29)/t21-/m1/s1. The molecule has 0 unspecified atom stereocenters. The van der Waals surface area contributed by atoms with Crippen LogP contribution in [-0.4, -0.2) is 35.2 Å². The summed E-state index contributed by atoms with van der Waals surface area (Å²) in [6.45, 7) is -0.501. The van der Waals surface area contributed by atoms with Crippen LogP contribution in [0.3, 0.4) is 0 Å². The fourth-order valence-corrected chi connectivity index (χ4v) is 3.10. The minimum absolute atomic E-state index is 0.132. The summed E-state index contributed by atoms with van der Waals surface area (Å²) in [6, 6.07) is 19.0. The molecule has 9 heteroatoms. The highest BCUT2D eigenvalue weighted by molar-refractivity contribution is 6.30. The summed E-state index contributed by atoms with van der Waals surface area (Å²) in [5, 5.41) is 13.9. The van der Waals surface area contributed by atoms with Crippen LogP contribution in [-0.2, 0) is 16.0 Å². The molecule has 0 spiro atoms. The molecule has 0 saturated carbocycles. The number of amides is 1. The van der Waals surface area contributed by atoms with E-state index in [0.29, 0.717) is 10.6 Å². The Balaban J connectivity index is 1.70. The number of halogens is 1. The Labute approximate surface area is 194 Å². The molecule has 1 atom stereocenters. The van der Waals surface area contributed by atoms with Crippen LogP contribution in [0.1, 0.15) is 26.3 Å². The van der Waals surface area contributed by atoms with Crippen molar-refractivity contribution in [3.05, 3.63) is 111 Å². The summed E-state index contributed by atoms with van der Waals surface area (Å²) < 4.78 is 5.18. The Morgan fingerprint density at radius 1 is 0.909 bits per heavy atom. The van der Waals surface area contributed by atoms with Crippen molar-refractivity contribution in [1.82, 2.24) is 5.32 Å². The smallest absolute Gasteiger partial charge is 0.329 e. The van der Waals surface area contributed by atoms with E-state index in [0.717, 1.165) is 5.56 Å². The summed E-state index contributed by atoms with van der Waals surface area (Å²) in [5.74, 6) is -1.80. The highest BCUT2D eigenvalue weighted by Crippen LogP contribution is 2.13. The normalized spacial score (nSPS) is 11.3. The molecule has 1 N–H and O–H groups in total. The second-order valence-electron chi connectivity index (χ2n) is 7.06. The van der Waals surface area contributed by atoms with Crippen molar-refractivity contribution >= 4 is 34.9 Å². The second-order valence-corrected chi connectivity index (χ2v) is 7.49. The molecule has 0 aliphatic heterocycles. The first-order valence-electron chi connectivity index (χ1n) is 9.88. The number of non-ortho nitro benzene ring substituents is 1. The van der Waals surface area contributed by atoms with Gasteiger partial charge in [-0.25, -0.2) is 4.79 Å². The Bertz CT molecular complexity index is 1150. The molecule has 0 bridgehead atoms. The Morgan fingerprint density at radius 3 is 2.12 bits per heavy atom. The van der Waals surface area contributed by atoms with E-state index in [1.807, 2.05) is 6.07 Å². The fraction of sp³-hybridized carbons (Fsp3) is 0.125. The SMILES string of the molecule is O=C(COC(=O)[C@@H](Cc1ccccc1)NC(=O)c1ccc([N+](=O)[O-])cc1)c1ccc(Cl)cc1. The largest absolute Gasteiger partial charge is 0.456 e. The number of hydrogen-bond donors (Lipinski definition) is 1. The van der Waals surface area contributed by atoms with Gasteiger partial charge in [0.25, 0.3) is 11.6 Å². The summed E-state index contributed by atoms with van der Waals surface area (Å²) >= 11 is 5.82. The van der Waals surface area contributed by atoms with Gasteiger partial charge in [-0.05, 0) is 42.0 Å². The second kappa shape index (κ2) is 11.0. The summed E-state index contributed by atoms with van der Waals surface area (Å²) in [5.41, 5.74) is 1.09. The molecule has 0 radical (unpaired) electrons. The van der Waals surface area contributed by atoms with Crippen molar-refractivity contribution in [3.63, 3.8) is 0 Å². The third-order valence-corrected chi connectivity index (χ3v) is 4.98. The molecule has 8 nitrogen and oxygen atoms in total. The van der Waals surface area contributed by atoms with Gasteiger partial charge in [-0.3, -0.25) is 19.7 Å². The molecular formula is C24H19ClN2O6. The first-order chi connectivity index (χ1) is 15.8. The lowest BCUT2D eigenvalue weighted by atomic mass is 10.1. The highest BCUT2D eigenvalue weighted by atomic mass is 35.5. The predicted molar refractivity (Wildman–Crippen MR) is 121 cm³/mol. The first kappa shape index (κ1) is 23.6. The molecular weight excluding hydrogens is 448 g/mol. The van der Waals surface area contributed by atoms with E-state index in [1.165, 1.54) is 36.4 Å². The van der Waals surface area contributed by atoms with E-state index in [4.69, 9.17) is 16.3 Å². The van der Waals surface area contributed by atoms with Crippen LogP contribution < -0.4 is 5.32 Å². The van der Waals surface area contributed by atoms with E-state index >= 15 is 0 Å². The number of rotatable bonds is 9. The Hall–Kier alpha value is -4.04. The van der Waals surface area contributed by atoms with Crippen molar-refractivity contribution < 1.29 is 24.0 Å². The Kier molecular flexibility index (Phi) is 7.88. The molecule has 0 saturated heterocycles. The number of Topliss-reactive ketones (excluding diaryl/α,β-unsaturated/α-hetero) is 1. The molecule has 168 valence electrons. The molecule has 0 aliphatic carbocycles. The van der Waals surface area contributed by atoms with Gasteiger partial charge in [0.15, 0.2) is 12.4 Å². The molecule has 0 fully saturated rings. The van der Waals surface area contributed by atoms with Gasteiger partial charge in [-0.15, -0.1) is 0 Å². The summed E-state index contributed by atoms with van der Waals surface area (Å²) in [6.07, 6.45) is 0.132. The van der Waals surface area contributed by atoms with E-state index in [9.17, 15) is 24.5 Å². The van der Waals surface area contributed by atoms with Crippen LogP contribution >= 0.6 is 11.6 Å². The summed E-state index contributed by atoms with van der Waals surface area (Å²) in [4.78, 5) is 47.9. The number of ether oxygens (including phenoxy) is 1. The number of nitro groups is 1. The molecule has 3 aromatic carbocycles. The van der Waals surface area contributed by atoms with Gasteiger partial charge in [0.1, 0.15) is 6.04 Å². The third-order valence-electron chi connectivity index (χ3n) is 4.72. The van der Waals surface area contributed by atoms with Gasteiger partial charge in [0.05, 0.1) is 4.92 Å². The number of ketones is 1. The maximum Gasteiger partial charge on any atom is 0.329 e. The van der Waals surface area contributed by atoms with Crippen LogP contribution in [0.25, 0.3) is 0 Å². The molecule has 3 rings (SSSR count). The zero-order valence-corrected chi connectivity index (χ0v) is 18.0. The number of benzene rings is 3. The van der Waals surface area contributed by atoms with E-state index < -0.39 is 35.2 Å². The van der Waals surface area contributed by atoms with Gasteiger partial charge < -0.3 is 10.1 Å². The lowest BCUT2D eigenvalue weighted by Gasteiger charge is -2.18. The minimum atomic E-state index is -1.08. The average Bonchev–Trinajstić information content (AvgIpc) is 2.83. The maximum absolute atomic E-state index is 12.7. The molecule has 0 aliphatic rings. The van der Waals surface area contributed by atoms with Crippen molar-refractivity contribution in [2.45, 2.75) is 12.5 Å². The number of carbonyl (C=O) groups is 3. The summed E-state index contributed by atoms with van der Waals surface area (Å²) in [7, 11) is 0. The van der Waals surface area contributed by atoms with Crippen molar-refractivity contribution in [3.8, 4) is 0 Å². The van der Waals surface area contributed by atoms with Gasteiger partial charge >= 0.3 is 5.97 Å². The van der Waals surface area contributed by atoms with E-state index in [-0.39, 0.29) is 17.7 Å². The van der Waals surface area contributed by atoms with Crippen LogP contribution in [0.15, 0.2) is 78.9 Å². The number of carbonyl (C=O) groups excluding carboxylic acids is 3. The predicted octanol–water partition coefficient (Wildman–Crippen LogP) is 4.02. The number of nitro benzene ring substituents is 1. The van der Waals surface area contributed by atoms with Crippen LogP contribution in [0.2, 0.25) is 5.02 Å². The topological polar surface area (TPSA) is 116 Å². The van der Waals surface area contributed by atoms with Crippen molar-refractivity contribution in [1.29, 1.82) is 0 Å². The number of nitrogens with zero attached hydrogens (tertiary/aromatic N) is 1. The molecule has 33 heavy (non-hydrogen) atoms. The number of nitrogens with one attached hydrogen (secondary N) is 1. The fourth-order valence-electron chi connectivity index (χ4n) is 2.98.